The molecule has 8 nitrogen and oxygen atoms in total. The molecule has 0 radical (unpaired) electrons. The summed E-state index contributed by atoms with van der Waals surface area (Å²) in [7, 11) is 0. The van der Waals surface area contributed by atoms with E-state index in [2.05, 4.69) is 15.5 Å². The number of aromatic nitrogens is 1. The summed E-state index contributed by atoms with van der Waals surface area (Å²) in [5.74, 6) is -0.636. The summed E-state index contributed by atoms with van der Waals surface area (Å²) < 4.78 is 0. The molecule has 2 aromatic rings. The molecule has 0 aliphatic carbocycles. The van der Waals surface area contributed by atoms with E-state index in [1.807, 2.05) is 0 Å². The van der Waals surface area contributed by atoms with Gasteiger partial charge in [0.2, 0.25) is 0 Å². The molecule has 0 saturated heterocycles. The summed E-state index contributed by atoms with van der Waals surface area (Å²) in [6.07, 6.45) is 3.98. The number of carbonyl (C=O) groups excluding carboxylic acids is 1. The average molecular weight is 286 g/mol. The molecule has 1 aromatic carbocycles. The molecule has 1 amide bonds. The predicted octanol–water partition coefficient (Wildman–Crippen LogP) is 1.46. The Labute approximate surface area is 118 Å². The molecule has 1 aromatic heterocycles. The number of phenols is 1. The third kappa shape index (κ3) is 3.60. The number of rotatable bonds is 4. The largest absolute Gasteiger partial charge is 0.508 e. The Kier molecular flexibility index (Phi) is 4.20. The van der Waals surface area contributed by atoms with Crippen molar-refractivity contribution in [2.24, 2.45) is 5.10 Å². The van der Waals surface area contributed by atoms with Gasteiger partial charge in [-0.3, -0.25) is 19.9 Å². The van der Waals surface area contributed by atoms with Gasteiger partial charge in [-0.2, -0.15) is 5.10 Å². The molecule has 8 heteroatoms. The zero-order valence-electron chi connectivity index (χ0n) is 10.6. The van der Waals surface area contributed by atoms with Gasteiger partial charge in [0.15, 0.2) is 0 Å². The van der Waals surface area contributed by atoms with Gasteiger partial charge in [-0.15, -0.1) is 0 Å². The van der Waals surface area contributed by atoms with Crippen LogP contribution in [0.5, 0.6) is 5.75 Å². The third-order valence-corrected chi connectivity index (χ3v) is 2.50. The second-order valence-electron chi connectivity index (χ2n) is 3.94. The number of nitrogens with one attached hydrogen (secondary N) is 1. The van der Waals surface area contributed by atoms with Crippen molar-refractivity contribution in [3.8, 4) is 5.75 Å². The molecule has 1 heterocycles. The van der Waals surface area contributed by atoms with Gasteiger partial charge in [0.25, 0.3) is 11.6 Å². The number of benzene rings is 1. The first-order valence-corrected chi connectivity index (χ1v) is 5.79. The van der Waals surface area contributed by atoms with Crippen LogP contribution in [0.3, 0.4) is 0 Å². The molecule has 0 saturated carbocycles. The minimum atomic E-state index is -0.607. The number of pyridine rings is 1. The number of carbonyl (C=O) groups is 1. The van der Waals surface area contributed by atoms with Gasteiger partial charge in [-0.05, 0) is 24.3 Å². The minimum Gasteiger partial charge on any atom is -0.508 e. The van der Waals surface area contributed by atoms with Crippen LogP contribution in [-0.4, -0.2) is 27.1 Å². The van der Waals surface area contributed by atoms with Crippen LogP contribution in [0.1, 0.15) is 15.9 Å². The zero-order valence-corrected chi connectivity index (χ0v) is 10.6. The van der Waals surface area contributed by atoms with Crippen molar-refractivity contribution < 1.29 is 14.8 Å². The number of hydrogen-bond donors (Lipinski definition) is 2. The lowest BCUT2D eigenvalue weighted by Crippen LogP contribution is -2.17. The topological polar surface area (TPSA) is 118 Å². The van der Waals surface area contributed by atoms with Crippen LogP contribution in [0.25, 0.3) is 0 Å². The van der Waals surface area contributed by atoms with Crippen LogP contribution in [0, 0.1) is 10.1 Å². The summed E-state index contributed by atoms with van der Waals surface area (Å²) >= 11 is 0. The monoisotopic (exact) mass is 286 g/mol. The normalized spacial score (nSPS) is 10.5. The molecular weight excluding hydrogens is 276 g/mol. The van der Waals surface area contributed by atoms with Crippen LogP contribution in [0.2, 0.25) is 0 Å². The predicted molar refractivity (Wildman–Crippen MR) is 74.1 cm³/mol. The fourth-order valence-electron chi connectivity index (χ4n) is 1.53. The van der Waals surface area contributed by atoms with Crippen LogP contribution >= 0.6 is 0 Å². The van der Waals surface area contributed by atoms with Crippen LogP contribution < -0.4 is 5.43 Å². The number of amides is 1. The highest BCUT2D eigenvalue weighted by atomic mass is 16.6. The minimum absolute atomic E-state index is 0.0755. The van der Waals surface area contributed by atoms with E-state index in [4.69, 9.17) is 0 Å². The van der Waals surface area contributed by atoms with Crippen molar-refractivity contribution in [1.29, 1.82) is 0 Å². The molecule has 0 fully saturated rings. The molecule has 106 valence electrons. The Morgan fingerprint density at radius 1 is 1.43 bits per heavy atom. The summed E-state index contributed by atoms with van der Waals surface area (Å²) in [5.41, 5.74) is 2.37. The van der Waals surface area contributed by atoms with Crippen LogP contribution in [0.4, 0.5) is 5.69 Å². The van der Waals surface area contributed by atoms with E-state index in [0.29, 0.717) is 5.56 Å². The fraction of sp³-hybridized carbons (Fsp3) is 0. The lowest BCUT2D eigenvalue weighted by atomic mass is 10.2. The molecule has 0 aliphatic heterocycles. The van der Waals surface area contributed by atoms with Crippen LogP contribution in [0.15, 0.2) is 47.8 Å². The lowest BCUT2D eigenvalue weighted by molar-refractivity contribution is -0.385. The Morgan fingerprint density at radius 2 is 2.24 bits per heavy atom. The van der Waals surface area contributed by atoms with Crippen molar-refractivity contribution in [2.75, 3.05) is 0 Å². The first kappa shape index (κ1) is 14.1. The van der Waals surface area contributed by atoms with Gasteiger partial charge >= 0.3 is 0 Å². The first-order valence-electron chi connectivity index (χ1n) is 5.79. The zero-order chi connectivity index (χ0) is 15.2. The van der Waals surface area contributed by atoms with Gasteiger partial charge in [-0.1, -0.05) is 0 Å². The summed E-state index contributed by atoms with van der Waals surface area (Å²) in [5, 5.41) is 23.8. The van der Waals surface area contributed by atoms with E-state index in [1.54, 1.807) is 12.1 Å². The quantitative estimate of drug-likeness (QED) is 0.501. The Balaban J connectivity index is 2.13. The summed E-state index contributed by atoms with van der Waals surface area (Å²) in [6, 6.07) is 6.68. The van der Waals surface area contributed by atoms with Crippen molar-refractivity contribution in [3.63, 3.8) is 0 Å². The molecule has 2 rings (SSSR count). The molecule has 2 N–H and O–H groups in total. The SMILES string of the molecule is O=C(N/N=C/c1cc(O)ccc1[N+](=O)[O-])c1cccnc1. The number of hydrazone groups is 1. The van der Waals surface area contributed by atoms with E-state index in [-0.39, 0.29) is 17.0 Å². The van der Waals surface area contributed by atoms with Gasteiger partial charge in [-0.25, -0.2) is 5.43 Å². The van der Waals surface area contributed by atoms with Crippen molar-refractivity contribution in [3.05, 3.63) is 64.0 Å². The van der Waals surface area contributed by atoms with Gasteiger partial charge in [0.1, 0.15) is 5.75 Å². The molecule has 0 unspecified atom stereocenters. The number of nitrogens with zero attached hydrogens (tertiary/aromatic N) is 3. The summed E-state index contributed by atoms with van der Waals surface area (Å²) in [4.78, 5) is 25.7. The maximum Gasteiger partial charge on any atom is 0.278 e. The van der Waals surface area contributed by atoms with Gasteiger partial charge in [0.05, 0.1) is 22.3 Å². The number of nitro groups is 1. The second-order valence-corrected chi connectivity index (χ2v) is 3.94. The fourth-order valence-corrected chi connectivity index (χ4v) is 1.53. The number of nitro benzene ring substituents is 1. The van der Waals surface area contributed by atoms with E-state index in [0.717, 1.165) is 12.3 Å². The third-order valence-electron chi connectivity index (χ3n) is 2.50. The van der Waals surface area contributed by atoms with Crippen molar-refractivity contribution in [1.82, 2.24) is 10.4 Å². The maximum absolute atomic E-state index is 11.7. The molecule has 0 aliphatic rings. The second kappa shape index (κ2) is 6.24. The standard InChI is InChI=1S/C13H10N4O4/c18-11-3-4-12(17(20)21)10(6-11)8-15-16-13(19)9-2-1-5-14-7-9/h1-8,18H,(H,16,19)/b15-8+. The molecule has 0 bridgehead atoms. The van der Waals surface area contributed by atoms with E-state index in [9.17, 15) is 20.0 Å². The van der Waals surface area contributed by atoms with E-state index in [1.165, 1.54) is 24.5 Å². The Morgan fingerprint density at radius 3 is 2.90 bits per heavy atom. The average Bonchev–Trinajstić information content (AvgIpc) is 2.48. The van der Waals surface area contributed by atoms with E-state index >= 15 is 0 Å². The van der Waals surface area contributed by atoms with Crippen molar-refractivity contribution >= 4 is 17.8 Å². The number of hydrogen-bond acceptors (Lipinski definition) is 6. The smallest absolute Gasteiger partial charge is 0.278 e. The number of phenolic OH excluding ortho intramolecular Hbond substituents is 1. The highest BCUT2D eigenvalue weighted by molar-refractivity contribution is 5.95. The Bertz CT molecular complexity index is 701. The maximum atomic E-state index is 11.7. The van der Waals surface area contributed by atoms with E-state index < -0.39 is 10.8 Å². The highest BCUT2D eigenvalue weighted by Crippen LogP contribution is 2.21. The highest BCUT2D eigenvalue weighted by Gasteiger charge is 2.12. The Hall–Kier alpha value is -3.29. The molecular formula is C13H10N4O4. The van der Waals surface area contributed by atoms with Gasteiger partial charge < -0.3 is 5.11 Å². The first-order chi connectivity index (χ1) is 10.1. The van der Waals surface area contributed by atoms with Crippen molar-refractivity contribution in [2.45, 2.75) is 0 Å². The van der Waals surface area contributed by atoms with Gasteiger partial charge in [0, 0.05) is 18.5 Å². The van der Waals surface area contributed by atoms with Crippen LogP contribution in [-0.2, 0) is 0 Å². The molecule has 0 atom stereocenters. The molecule has 21 heavy (non-hydrogen) atoms. The lowest BCUT2D eigenvalue weighted by Gasteiger charge is -2.00. The molecule has 0 spiro atoms. The summed E-state index contributed by atoms with van der Waals surface area (Å²) in [6.45, 7) is 0. The number of aromatic hydroxyl groups is 1.